The van der Waals surface area contributed by atoms with Gasteiger partial charge in [0.1, 0.15) is 12.7 Å². The topological polar surface area (TPSA) is 149 Å². The molecule has 0 aliphatic carbocycles. The number of ether oxygens (including phenoxy) is 2. The monoisotopic (exact) mass is 823 g/mol. The number of aliphatic hydroxyl groups excluding tert-OH is 2. The summed E-state index contributed by atoms with van der Waals surface area (Å²) in [5, 5.41) is 18.3. The lowest BCUT2D eigenvalue weighted by Gasteiger charge is -2.20. The Labute approximate surface area is 346 Å². The second-order valence-corrected chi connectivity index (χ2v) is 15.8. The van der Waals surface area contributed by atoms with Crippen LogP contribution in [0.15, 0.2) is 72.9 Å². The molecule has 0 saturated carbocycles. The molecule has 0 spiro atoms. The highest BCUT2D eigenvalue weighted by Crippen LogP contribution is 2.43. The van der Waals surface area contributed by atoms with Gasteiger partial charge in [-0.2, -0.15) is 0 Å². The Balaban J connectivity index is 4.39. The summed E-state index contributed by atoms with van der Waals surface area (Å²) in [5.74, 6) is -0.977. The van der Waals surface area contributed by atoms with Crippen molar-refractivity contribution in [3.8, 4) is 0 Å². The highest BCUT2D eigenvalue weighted by Gasteiger charge is 2.27. The molecule has 3 N–H and O–H groups in total. The van der Waals surface area contributed by atoms with Gasteiger partial charge < -0.3 is 24.6 Å². The van der Waals surface area contributed by atoms with Crippen LogP contribution in [0.25, 0.3) is 0 Å². The Morgan fingerprint density at radius 2 is 0.965 bits per heavy atom. The highest BCUT2D eigenvalue weighted by atomic mass is 31.2. The van der Waals surface area contributed by atoms with Gasteiger partial charge in [-0.3, -0.25) is 18.6 Å². The molecular formula is C46H79O10P. The van der Waals surface area contributed by atoms with Gasteiger partial charge in [-0.1, -0.05) is 145 Å². The first kappa shape index (κ1) is 54.4. The van der Waals surface area contributed by atoms with E-state index >= 15 is 0 Å². The summed E-state index contributed by atoms with van der Waals surface area (Å²) in [4.78, 5) is 35.0. The summed E-state index contributed by atoms with van der Waals surface area (Å²) < 4.78 is 32.7. The molecule has 0 amide bonds. The van der Waals surface area contributed by atoms with Crippen molar-refractivity contribution in [2.75, 3.05) is 26.4 Å². The van der Waals surface area contributed by atoms with Crippen molar-refractivity contribution in [3.05, 3.63) is 72.9 Å². The fourth-order valence-electron chi connectivity index (χ4n) is 5.48. The van der Waals surface area contributed by atoms with Crippen molar-refractivity contribution in [3.63, 3.8) is 0 Å². The van der Waals surface area contributed by atoms with E-state index in [-0.39, 0.29) is 19.4 Å². The van der Waals surface area contributed by atoms with Gasteiger partial charge in [0.25, 0.3) is 0 Å². The zero-order valence-corrected chi connectivity index (χ0v) is 36.4. The van der Waals surface area contributed by atoms with Gasteiger partial charge in [-0.05, 0) is 83.5 Å². The van der Waals surface area contributed by atoms with Crippen LogP contribution in [0.1, 0.15) is 168 Å². The molecule has 0 radical (unpaired) electrons. The van der Waals surface area contributed by atoms with Gasteiger partial charge >= 0.3 is 19.8 Å². The number of carbonyl (C=O) groups is 2. The summed E-state index contributed by atoms with van der Waals surface area (Å²) in [5.41, 5.74) is 0. The van der Waals surface area contributed by atoms with E-state index in [0.717, 1.165) is 89.9 Å². The van der Waals surface area contributed by atoms with Crippen LogP contribution in [0.5, 0.6) is 0 Å². The first-order chi connectivity index (χ1) is 27.7. The average Bonchev–Trinajstić information content (AvgIpc) is 3.20. The van der Waals surface area contributed by atoms with Gasteiger partial charge in [0.05, 0.1) is 19.8 Å². The van der Waals surface area contributed by atoms with E-state index in [2.05, 4.69) is 91.3 Å². The summed E-state index contributed by atoms with van der Waals surface area (Å²) >= 11 is 0. The van der Waals surface area contributed by atoms with Crippen LogP contribution in [0.3, 0.4) is 0 Å². The Hall–Kier alpha value is -2.59. The number of phosphoric ester groups is 1. The molecule has 328 valence electrons. The third kappa shape index (κ3) is 41.4. The van der Waals surface area contributed by atoms with E-state index in [1.165, 1.54) is 38.5 Å². The van der Waals surface area contributed by atoms with Crippen molar-refractivity contribution < 1.29 is 47.8 Å². The van der Waals surface area contributed by atoms with E-state index in [1.54, 1.807) is 0 Å². The first-order valence-electron chi connectivity index (χ1n) is 21.9. The normalized spacial score (nSPS) is 14.5. The molecule has 0 saturated heterocycles. The fourth-order valence-corrected chi connectivity index (χ4v) is 6.27. The Morgan fingerprint density at radius 3 is 1.49 bits per heavy atom. The summed E-state index contributed by atoms with van der Waals surface area (Å²) in [7, 11) is -4.63. The predicted molar refractivity (Wildman–Crippen MR) is 233 cm³/mol. The number of aliphatic hydroxyl groups is 2. The number of rotatable bonds is 40. The van der Waals surface area contributed by atoms with Crippen molar-refractivity contribution in [2.45, 2.75) is 180 Å². The molecule has 0 heterocycles. The quantitative estimate of drug-likeness (QED) is 0.0236. The highest BCUT2D eigenvalue weighted by molar-refractivity contribution is 7.47. The number of hydrogen-bond donors (Lipinski definition) is 3. The van der Waals surface area contributed by atoms with E-state index < -0.39 is 51.8 Å². The maximum atomic E-state index is 12.6. The number of phosphoric acid groups is 1. The molecule has 10 nitrogen and oxygen atoms in total. The second-order valence-electron chi connectivity index (χ2n) is 14.3. The smallest absolute Gasteiger partial charge is 0.462 e. The molecule has 0 bridgehead atoms. The van der Waals surface area contributed by atoms with Gasteiger partial charge in [-0.15, -0.1) is 0 Å². The molecular weight excluding hydrogens is 743 g/mol. The van der Waals surface area contributed by atoms with Gasteiger partial charge in [0.2, 0.25) is 0 Å². The Kier molecular flexibility index (Phi) is 39.7. The Bertz CT molecular complexity index is 1180. The maximum absolute atomic E-state index is 12.6. The van der Waals surface area contributed by atoms with Crippen LogP contribution in [0, 0.1) is 0 Å². The van der Waals surface area contributed by atoms with Crippen molar-refractivity contribution in [2.24, 2.45) is 0 Å². The second kappa shape index (κ2) is 41.6. The molecule has 0 aromatic heterocycles. The molecule has 0 fully saturated rings. The van der Waals surface area contributed by atoms with Gasteiger partial charge in [0.15, 0.2) is 6.10 Å². The minimum atomic E-state index is -4.63. The Morgan fingerprint density at radius 1 is 0.544 bits per heavy atom. The number of esters is 2. The minimum Gasteiger partial charge on any atom is -0.462 e. The van der Waals surface area contributed by atoms with E-state index in [4.69, 9.17) is 19.1 Å². The zero-order chi connectivity index (χ0) is 41.9. The number of hydrogen-bond acceptors (Lipinski definition) is 9. The molecule has 0 aromatic carbocycles. The van der Waals surface area contributed by atoms with Gasteiger partial charge in [0, 0.05) is 12.8 Å². The maximum Gasteiger partial charge on any atom is 0.472 e. The summed E-state index contributed by atoms with van der Waals surface area (Å²) in [6.45, 7) is 2.20. The third-order valence-electron chi connectivity index (χ3n) is 8.84. The fraction of sp³-hybridized carbons (Fsp3) is 0.696. The number of allylic oxidation sites excluding steroid dienone is 12. The van der Waals surface area contributed by atoms with Crippen molar-refractivity contribution >= 4 is 19.8 Å². The standard InChI is InChI=1S/C46H79O10P/c1-3-5-7-9-11-13-15-17-19-20-21-22-24-26-28-30-32-34-36-38-46(50)56-44(42-55-57(51,52)54-40-43(48)39-47)41-53-45(49)37-35-33-31-29-27-25-23-18-16-14-12-10-8-6-4-2/h5,7,11,13,17-19,21-23,26,28,43-44,47-48H,3-4,6,8-10,12,14-16,20,24-25,27,29-42H2,1-2H3,(H,51,52)/b7-5+,13-11+,19-17+,22-21+,23-18+,28-26+/t43-,44+/m0/s1. The molecule has 0 aliphatic rings. The van der Waals surface area contributed by atoms with Crippen molar-refractivity contribution in [1.82, 2.24) is 0 Å². The lowest BCUT2D eigenvalue weighted by atomic mass is 10.1. The van der Waals surface area contributed by atoms with Crippen LogP contribution >= 0.6 is 7.82 Å². The largest absolute Gasteiger partial charge is 0.472 e. The molecule has 0 aromatic rings. The number of unbranched alkanes of at least 4 members (excludes halogenated alkanes) is 14. The van der Waals surface area contributed by atoms with Crippen LogP contribution in [-0.2, 0) is 32.7 Å². The molecule has 0 rings (SSSR count). The van der Waals surface area contributed by atoms with Gasteiger partial charge in [-0.25, -0.2) is 4.57 Å². The minimum absolute atomic E-state index is 0.140. The molecule has 0 aliphatic heterocycles. The third-order valence-corrected chi connectivity index (χ3v) is 9.80. The molecule has 3 atom stereocenters. The van der Waals surface area contributed by atoms with E-state index in [0.29, 0.717) is 12.8 Å². The van der Waals surface area contributed by atoms with Crippen LogP contribution < -0.4 is 0 Å². The first-order valence-corrected chi connectivity index (χ1v) is 23.4. The molecule has 11 heteroatoms. The number of carbonyl (C=O) groups excluding carboxylic acids is 2. The summed E-state index contributed by atoms with van der Waals surface area (Å²) in [6.07, 6.45) is 47.2. The molecule has 57 heavy (non-hydrogen) atoms. The molecule has 1 unspecified atom stereocenters. The zero-order valence-electron chi connectivity index (χ0n) is 35.5. The van der Waals surface area contributed by atoms with Crippen LogP contribution in [0.4, 0.5) is 0 Å². The average molecular weight is 823 g/mol. The van der Waals surface area contributed by atoms with Crippen molar-refractivity contribution in [1.29, 1.82) is 0 Å². The van der Waals surface area contributed by atoms with E-state index in [1.807, 2.05) is 0 Å². The van der Waals surface area contributed by atoms with E-state index in [9.17, 15) is 24.2 Å². The predicted octanol–water partition coefficient (Wildman–Crippen LogP) is 11.7. The van der Waals surface area contributed by atoms with Crippen LogP contribution in [-0.4, -0.2) is 65.7 Å². The van der Waals surface area contributed by atoms with Crippen LogP contribution in [0.2, 0.25) is 0 Å². The summed E-state index contributed by atoms with van der Waals surface area (Å²) in [6, 6.07) is 0. The lowest BCUT2D eigenvalue weighted by molar-refractivity contribution is -0.161. The SMILES string of the molecule is CC/C=C/C/C=C/C/C=C/C/C=C/C/C=C/CCCCCC(=O)O[C@H](COC(=O)CCCCCCC/C=C/CCCCCCCC)COP(=O)(O)OC[C@@H](O)CO. The lowest BCUT2D eigenvalue weighted by Crippen LogP contribution is -2.29.